The lowest BCUT2D eigenvalue weighted by Crippen LogP contribution is -2.32. The summed E-state index contributed by atoms with van der Waals surface area (Å²) in [6.45, 7) is 1.79. The van der Waals surface area contributed by atoms with Crippen molar-refractivity contribution in [3.8, 4) is 22.9 Å². The van der Waals surface area contributed by atoms with Gasteiger partial charge in [0, 0.05) is 23.0 Å². The van der Waals surface area contributed by atoms with Crippen molar-refractivity contribution in [2.75, 3.05) is 24.9 Å². The Balaban J connectivity index is 1.66. The molecule has 0 saturated carbocycles. The van der Waals surface area contributed by atoms with Gasteiger partial charge in [-0.05, 0) is 61.5 Å². The number of ether oxygens (including phenoxy) is 2. The number of nitrogens with zero attached hydrogens (tertiary/aromatic N) is 4. The molecule has 10 heteroatoms. The van der Waals surface area contributed by atoms with E-state index >= 15 is 0 Å². The molecule has 1 aliphatic heterocycles. The monoisotopic (exact) mass is 486 g/mol. The van der Waals surface area contributed by atoms with Gasteiger partial charge in [-0.15, -0.1) is 5.10 Å². The molecule has 3 heterocycles. The van der Waals surface area contributed by atoms with Crippen molar-refractivity contribution in [3.63, 3.8) is 0 Å². The Morgan fingerprint density at radius 2 is 1.89 bits per heavy atom. The zero-order valence-electron chi connectivity index (χ0n) is 19.8. The van der Waals surface area contributed by atoms with Gasteiger partial charge in [0.25, 0.3) is 5.91 Å². The van der Waals surface area contributed by atoms with Gasteiger partial charge in [-0.25, -0.2) is 14.1 Å². The number of nitrogens with one attached hydrogen (secondary N) is 2. The van der Waals surface area contributed by atoms with E-state index < -0.39 is 6.04 Å². The number of carbonyl (C=O) groups is 1. The van der Waals surface area contributed by atoms with Gasteiger partial charge in [0.05, 0.1) is 19.8 Å². The molecule has 0 bridgehead atoms. The van der Waals surface area contributed by atoms with Gasteiger partial charge >= 0.3 is 0 Å². The predicted octanol–water partition coefficient (Wildman–Crippen LogP) is 4.42. The smallest absolute Gasteiger partial charge is 0.257 e. The standard InChI is InChI=1S/C26H23FN6O3/c1-15-22(25(34)30-21-6-4-5-13-28-21)23(19-14-18(35-2)11-12-20(19)36-3)33-26(29-15)31-24(32-33)16-7-9-17(27)10-8-16/h4-14,23H,1-3H3,(H,28,30,34)(H,29,31,32). The summed E-state index contributed by atoms with van der Waals surface area (Å²) < 4.78 is 26.2. The number of hydrogen-bond donors (Lipinski definition) is 2. The highest BCUT2D eigenvalue weighted by Gasteiger charge is 2.36. The van der Waals surface area contributed by atoms with Crippen molar-refractivity contribution in [1.29, 1.82) is 0 Å². The number of anilines is 2. The molecule has 2 aromatic carbocycles. The zero-order chi connectivity index (χ0) is 25.2. The van der Waals surface area contributed by atoms with Crippen molar-refractivity contribution in [1.82, 2.24) is 19.7 Å². The highest BCUT2D eigenvalue weighted by Crippen LogP contribution is 2.41. The van der Waals surface area contributed by atoms with Gasteiger partial charge in [-0.3, -0.25) is 4.79 Å². The summed E-state index contributed by atoms with van der Waals surface area (Å²) >= 11 is 0. The fraction of sp³-hybridized carbons (Fsp3) is 0.154. The molecular formula is C26H23FN6O3. The number of fused-ring (bicyclic) bond motifs is 1. The van der Waals surface area contributed by atoms with Crippen LogP contribution in [0.15, 0.2) is 78.1 Å². The molecule has 1 unspecified atom stereocenters. The predicted molar refractivity (Wildman–Crippen MR) is 132 cm³/mol. The topological polar surface area (TPSA) is 103 Å². The van der Waals surface area contributed by atoms with Gasteiger partial charge in [-0.2, -0.15) is 4.98 Å². The van der Waals surface area contributed by atoms with E-state index in [0.29, 0.717) is 51.5 Å². The Kier molecular flexibility index (Phi) is 6.07. The molecule has 0 radical (unpaired) electrons. The number of pyridine rings is 1. The molecule has 2 N–H and O–H groups in total. The van der Waals surface area contributed by atoms with E-state index in [-0.39, 0.29) is 11.7 Å². The lowest BCUT2D eigenvalue weighted by molar-refractivity contribution is -0.113. The maximum atomic E-state index is 13.6. The van der Waals surface area contributed by atoms with Gasteiger partial charge in [0.15, 0.2) is 5.82 Å². The van der Waals surface area contributed by atoms with Crippen LogP contribution in [0.3, 0.4) is 0 Å². The molecule has 4 aromatic rings. The minimum Gasteiger partial charge on any atom is -0.497 e. The first-order chi connectivity index (χ1) is 17.5. The highest BCUT2D eigenvalue weighted by atomic mass is 19.1. The number of allylic oxidation sites excluding steroid dienone is 1. The average molecular weight is 487 g/mol. The maximum Gasteiger partial charge on any atom is 0.257 e. The van der Waals surface area contributed by atoms with Crippen LogP contribution in [0.5, 0.6) is 11.5 Å². The number of aromatic nitrogens is 4. The van der Waals surface area contributed by atoms with Crippen LogP contribution in [-0.4, -0.2) is 39.9 Å². The summed E-state index contributed by atoms with van der Waals surface area (Å²) in [6.07, 6.45) is 1.60. The van der Waals surface area contributed by atoms with Gasteiger partial charge < -0.3 is 20.1 Å². The normalized spacial score (nSPS) is 14.6. The molecule has 0 aliphatic carbocycles. The number of amides is 1. The lowest BCUT2D eigenvalue weighted by atomic mass is 9.94. The fourth-order valence-corrected chi connectivity index (χ4v) is 4.13. The third-order valence-corrected chi connectivity index (χ3v) is 5.84. The second-order valence-electron chi connectivity index (χ2n) is 8.05. The number of hydrogen-bond acceptors (Lipinski definition) is 7. The van der Waals surface area contributed by atoms with E-state index in [1.807, 2.05) is 0 Å². The number of methoxy groups -OCH3 is 2. The van der Waals surface area contributed by atoms with E-state index in [1.54, 1.807) is 80.6 Å². The van der Waals surface area contributed by atoms with E-state index in [9.17, 15) is 9.18 Å². The van der Waals surface area contributed by atoms with Crippen molar-refractivity contribution in [2.45, 2.75) is 13.0 Å². The molecule has 9 nitrogen and oxygen atoms in total. The number of carbonyl (C=O) groups excluding carboxylic acids is 1. The molecule has 182 valence electrons. The molecule has 36 heavy (non-hydrogen) atoms. The Morgan fingerprint density at radius 3 is 2.58 bits per heavy atom. The SMILES string of the molecule is COc1ccc(OC)c(C2C(C(=O)Nc3ccccn3)=C(C)Nc3nc(-c4ccc(F)cc4)nn32)c1. The van der Waals surface area contributed by atoms with Crippen LogP contribution in [-0.2, 0) is 4.79 Å². The second-order valence-corrected chi connectivity index (χ2v) is 8.05. The average Bonchev–Trinajstić information content (AvgIpc) is 3.32. The van der Waals surface area contributed by atoms with Gasteiger partial charge in [-0.1, -0.05) is 6.07 Å². The second kappa shape index (κ2) is 9.49. The summed E-state index contributed by atoms with van der Waals surface area (Å²) in [5.74, 6) is 1.63. The highest BCUT2D eigenvalue weighted by molar-refractivity contribution is 6.05. The Bertz CT molecular complexity index is 1450. The van der Waals surface area contributed by atoms with E-state index in [2.05, 4.69) is 20.6 Å². The van der Waals surface area contributed by atoms with Crippen LogP contribution < -0.4 is 20.1 Å². The Labute approximate surface area is 206 Å². The summed E-state index contributed by atoms with van der Waals surface area (Å²) in [5, 5.41) is 10.8. The number of halogens is 1. The van der Waals surface area contributed by atoms with E-state index in [4.69, 9.17) is 14.6 Å². The summed E-state index contributed by atoms with van der Waals surface area (Å²) in [5.41, 5.74) is 2.27. The summed E-state index contributed by atoms with van der Waals surface area (Å²) in [7, 11) is 3.13. The van der Waals surface area contributed by atoms with Crippen LogP contribution in [0.25, 0.3) is 11.4 Å². The molecule has 5 rings (SSSR count). The maximum absolute atomic E-state index is 13.6. The largest absolute Gasteiger partial charge is 0.497 e. The molecule has 1 aliphatic rings. The number of rotatable bonds is 6. The molecule has 0 saturated heterocycles. The minimum absolute atomic E-state index is 0.356. The van der Waals surface area contributed by atoms with E-state index in [0.717, 1.165) is 0 Å². The van der Waals surface area contributed by atoms with Crippen molar-refractivity contribution < 1.29 is 18.7 Å². The molecular weight excluding hydrogens is 463 g/mol. The first kappa shape index (κ1) is 23.0. The molecule has 2 aromatic heterocycles. The Morgan fingerprint density at radius 1 is 1.08 bits per heavy atom. The van der Waals surface area contributed by atoms with Gasteiger partial charge in [0.2, 0.25) is 5.95 Å². The van der Waals surface area contributed by atoms with Crippen molar-refractivity contribution in [3.05, 3.63) is 89.5 Å². The molecule has 1 amide bonds. The van der Waals surface area contributed by atoms with Gasteiger partial charge in [0.1, 0.15) is 29.2 Å². The van der Waals surface area contributed by atoms with Crippen LogP contribution in [0, 0.1) is 5.82 Å². The summed E-state index contributed by atoms with van der Waals surface area (Å²) in [6, 6.07) is 15.8. The van der Waals surface area contributed by atoms with Crippen molar-refractivity contribution >= 4 is 17.7 Å². The van der Waals surface area contributed by atoms with Crippen LogP contribution in [0.1, 0.15) is 18.5 Å². The third-order valence-electron chi connectivity index (χ3n) is 5.84. The number of benzene rings is 2. The lowest BCUT2D eigenvalue weighted by Gasteiger charge is -2.29. The molecule has 0 spiro atoms. The van der Waals surface area contributed by atoms with Crippen LogP contribution in [0.4, 0.5) is 16.2 Å². The first-order valence-corrected chi connectivity index (χ1v) is 11.1. The molecule has 1 atom stereocenters. The zero-order valence-corrected chi connectivity index (χ0v) is 19.8. The third kappa shape index (κ3) is 4.24. The fourth-order valence-electron chi connectivity index (χ4n) is 4.13. The van der Waals surface area contributed by atoms with Crippen LogP contribution >= 0.6 is 0 Å². The van der Waals surface area contributed by atoms with Crippen molar-refractivity contribution in [2.24, 2.45) is 0 Å². The minimum atomic E-state index is -0.711. The quantitative estimate of drug-likeness (QED) is 0.416. The molecule has 0 fully saturated rings. The van der Waals surface area contributed by atoms with Crippen LogP contribution in [0.2, 0.25) is 0 Å². The van der Waals surface area contributed by atoms with E-state index in [1.165, 1.54) is 12.1 Å². The Hall–Kier alpha value is -4.73. The first-order valence-electron chi connectivity index (χ1n) is 11.1. The summed E-state index contributed by atoms with van der Waals surface area (Å²) in [4.78, 5) is 22.4.